The van der Waals surface area contributed by atoms with Crippen molar-refractivity contribution in [1.29, 1.82) is 0 Å². The van der Waals surface area contributed by atoms with Crippen molar-refractivity contribution in [1.82, 2.24) is 0 Å². The Kier molecular flexibility index (Phi) is 4.30. The molecule has 86 valence electrons. The van der Waals surface area contributed by atoms with Crippen LogP contribution in [0.1, 0.15) is 13.8 Å². The first-order chi connectivity index (χ1) is 6.91. The van der Waals surface area contributed by atoms with Gasteiger partial charge in [0.05, 0.1) is 19.8 Å². The van der Waals surface area contributed by atoms with Gasteiger partial charge in [0.1, 0.15) is 6.10 Å². The maximum Gasteiger partial charge on any atom is 0.485 e. The van der Waals surface area contributed by atoms with Gasteiger partial charge in [0.2, 0.25) is 0 Å². The van der Waals surface area contributed by atoms with Crippen molar-refractivity contribution in [3.63, 3.8) is 0 Å². The SMILES string of the molecule is C=C(COC1COC(C)(C)OC1)B(O)O. The van der Waals surface area contributed by atoms with E-state index >= 15 is 0 Å². The summed E-state index contributed by atoms with van der Waals surface area (Å²) >= 11 is 0. The van der Waals surface area contributed by atoms with Crippen molar-refractivity contribution in [3.8, 4) is 0 Å². The van der Waals surface area contributed by atoms with Gasteiger partial charge in [-0.15, -0.1) is 6.58 Å². The average molecular weight is 216 g/mol. The molecule has 0 radical (unpaired) electrons. The van der Waals surface area contributed by atoms with Gasteiger partial charge in [0.25, 0.3) is 0 Å². The summed E-state index contributed by atoms with van der Waals surface area (Å²) in [5.41, 5.74) is 0.222. The summed E-state index contributed by atoms with van der Waals surface area (Å²) < 4.78 is 16.1. The largest absolute Gasteiger partial charge is 0.485 e. The number of rotatable bonds is 4. The van der Waals surface area contributed by atoms with Crippen LogP contribution in [0.3, 0.4) is 0 Å². The lowest BCUT2D eigenvalue weighted by atomic mass is 9.81. The molecule has 6 heteroatoms. The van der Waals surface area contributed by atoms with Crippen molar-refractivity contribution in [2.75, 3.05) is 19.8 Å². The van der Waals surface area contributed by atoms with E-state index in [4.69, 9.17) is 24.3 Å². The van der Waals surface area contributed by atoms with Crippen LogP contribution in [0, 0.1) is 0 Å². The first-order valence-electron chi connectivity index (χ1n) is 4.84. The molecule has 1 heterocycles. The molecule has 1 saturated heterocycles. The molecule has 1 aliphatic rings. The summed E-state index contributed by atoms with van der Waals surface area (Å²) in [4.78, 5) is 0. The molecule has 0 saturated carbocycles. The van der Waals surface area contributed by atoms with E-state index in [1.54, 1.807) is 0 Å². The van der Waals surface area contributed by atoms with Crippen LogP contribution in [0.5, 0.6) is 0 Å². The van der Waals surface area contributed by atoms with Gasteiger partial charge in [0, 0.05) is 0 Å². The van der Waals surface area contributed by atoms with Crippen molar-refractivity contribution in [2.24, 2.45) is 0 Å². The van der Waals surface area contributed by atoms with Gasteiger partial charge < -0.3 is 24.3 Å². The molecule has 2 N–H and O–H groups in total. The summed E-state index contributed by atoms with van der Waals surface area (Å²) in [7, 11) is -1.54. The first kappa shape index (κ1) is 12.7. The molecule has 0 aromatic heterocycles. The van der Waals surface area contributed by atoms with E-state index in [0.717, 1.165) is 0 Å². The molecule has 0 aliphatic carbocycles. The summed E-state index contributed by atoms with van der Waals surface area (Å²) in [6, 6.07) is 0. The third-order valence-electron chi connectivity index (χ3n) is 2.10. The van der Waals surface area contributed by atoms with Crippen LogP contribution >= 0.6 is 0 Å². The first-order valence-corrected chi connectivity index (χ1v) is 4.84. The highest BCUT2D eigenvalue weighted by atomic mass is 16.7. The van der Waals surface area contributed by atoms with Gasteiger partial charge in [0.15, 0.2) is 5.79 Å². The van der Waals surface area contributed by atoms with Gasteiger partial charge in [-0.1, -0.05) is 0 Å². The Hall–Kier alpha value is -0.395. The van der Waals surface area contributed by atoms with Crippen LogP contribution in [-0.2, 0) is 14.2 Å². The maximum absolute atomic E-state index is 8.75. The Balaban J connectivity index is 2.22. The van der Waals surface area contributed by atoms with Crippen molar-refractivity contribution in [3.05, 3.63) is 12.1 Å². The predicted molar refractivity (Wildman–Crippen MR) is 55.1 cm³/mol. The second kappa shape index (κ2) is 5.09. The normalized spacial score (nSPS) is 21.3. The van der Waals surface area contributed by atoms with E-state index in [1.807, 2.05) is 13.8 Å². The van der Waals surface area contributed by atoms with Crippen LogP contribution in [-0.4, -0.2) is 48.9 Å². The van der Waals surface area contributed by atoms with Crippen molar-refractivity contribution in [2.45, 2.75) is 25.7 Å². The highest BCUT2D eigenvalue weighted by molar-refractivity contribution is 6.50. The monoisotopic (exact) mass is 216 g/mol. The zero-order chi connectivity index (χ0) is 11.5. The minimum absolute atomic E-state index is 0.0927. The molecule has 0 unspecified atom stereocenters. The van der Waals surface area contributed by atoms with Gasteiger partial charge in [-0.05, 0) is 19.3 Å². The molecule has 0 aromatic rings. The number of hydrogen-bond acceptors (Lipinski definition) is 5. The molecule has 15 heavy (non-hydrogen) atoms. The van der Waals surface area contributed by atoms with E-state index in [9.17, 15) is 0 Å². The summed E-state index contributed by atoms with van der Waals surface area (Å²) in [5.74, 6) is -0.562. The zero-order valence-corrected chi connectivity index (χ0v) is 9.10. The minimum Gasteiger partial charge on any atom is -0.423 e. The molecule has 0 atom stereocenters. The molecular formula is C9H17BO5. The van der Waals surface area contributed by atoms with E-state index in [2.05, 4.69) is 6.58 Å². The standard InChI is InChI=1S/C9H17BO5/c1-7(10(11)12)4-13-8-5-14-9(2,3)15-6-8/h8,11-12H,1,4-6H2,2-3H3. The quantitative estimate of drug-likeness (QED) is 0.632. The smallest absolute Gasteiger partial charge is 0.423 e. The Bertz CT molecular complexity index is 219. The summed E-state index contributed by atoms with van der Waals surface area (Å²) in [6.07, 6.45) is -0.187. The third-order valence-corrected chi connectivity index (χ3v) is 2.10. The Morgan fingerprint density at radius 1 is 1.47 bits per heavy atom. The second-order valence-corrected chi connectivity index (χ2v) is 3.99. The molecule has 5 nitrogen and oxygen atoms in total. The summed E-state index contributed by atoms with van der Waals surface area (Å²) in [5, 5.41) is 17.5. The van der Waals surface area contributed by atoms with Crippen LogP contribution in [0.25, 0.3) is 0 Å². The van der Waals surface area contributed by atoms with E-state index in [0.29, 0.717) is 13.2 Å². The third kappa shape index (κ3) is 4.32. The van der Waals surface area contributed by atoms with Gasteiger partial charge in [-0.2, -0.15) is 0 Å². The fraction of sp³-hybridized carbons (Fsp3) is 0.778. The lowest BCUT2D eigenvalue weighted by molar-refractivity contribution is -0.278. The van der Waals surface area contributed by atoms with Crippen LogP contribution < -0.4 is 0 Å². The van der Waals surface area contributed by atoms with E-state index in [1.165, 1.54) is 0 Å². The lowest BCUT2D eigenvalue weighted by Gasteiger charge is -2.34. The van der Waals surface area contributed by atoms with Gasteiger partial charge in [-0.25, -0.2) is 0 Å². The molecule has 1 aliphatic heterocycles. The molecule has 0 spiro atoms. The molecule has 0 aromatic carbocycles. The second-order valence-electron chi connectivity index (χ2n) is 3.99. The van der Waals surface area contributed by atoms with Crippen LogP contribution in [0.15, 0.2) is 12.1 Å². The van der Waals surface area contributed by atoms with E-state index < -0.39 is 12.9 Å². The van der Waals surface area contributed by atoms with Crippen LogP contribution in [0.2, 0.25) is 0 Å². The number of ether oxygens (including phenoxy) is 3. The molecule has 1 fully saturated rings. The van der Waals surface area contributed by atoms with Gasteiger partial charge >= 0.3 is 7.12 Å². The molecule has 0 amide bonds. The average Bonchev–Trinajstić information content (AvgIpc) is 2.15. The lowest BCUT2D eigenvalue weighted by Crippen LogP contribution is -2.43. The van der Waals surface area contributed by atoms with Crippen molar-refractivity contribution < 1.29 is 24.3 Å². The fourth-order valence-electron chi connectivity index (χ4n) is 1.07. The summed E-state index contributed by atoms with van der Waals surface area (Å²) in [6.45, 7) is 8.08. The highest BCUT2D eigenvalue weighted by Gasteiger charge is 2.29. The highest BCUT2D eigenvalue weighted by Crippen LogP contribution is 2.18. The minimum atomic E-state index is -1.54. The molecular weight excluding hydrogens is 199 g/mol. The Morgan fingerprint density at radius 3 is 2.47 bits per heavy atom. The Labute approximate surface area is 89.8 Å². The zero-order valence-electron chi connectivity index (χ0n) is 9.10. The van der Waals surface area contributed by atoms with E-state index in [-0.39, 0.29) is 18.2 Å². The molecule has 0 bridgehead atoms. The van der Waals surface area contributed by atoms with Crippen LogP contribution in [0.4, 0.5) is 0 Å². The fourth-order valence-corrected chi connectivity index (χ4v) is 1.07. The maximum atomic E-state index is 8.75. The topological polar surface area (TPSA) is 68.2 Å². The Morgan fingerprint density at radius 2 is 2.00 bits per heavy atom. The van der Waals surface area contributed by atoms with Gasteiger partial charge in [-0.3, -0.25) is 0 Å². The molecule has 1 rings (SSSR count). The predicted octanol–water partition coefficient (Wildman–Crippen LogP) is -0.277. The van der Waals surface area contributed by atoms with Crippen molar-refractivity contribution >= 4 is 7.12 Å². The number of hydrogen-bond donors (Lipinski definition) is 2.